The highest BCUT2D eigenvalue weighted by molar-refractivity contribution is 6.44. The van der Waals surface area contributed by atoms with Crippen LogP contribution in [0.4, 0.5) is 15.8 Å². The predicted octanol–water partition coefficient (Wildman–Crippen LogP) is 2.81. The molecule has 4 rings (SSSR count). The summed E-state index contributed by atoms with van der Waals surface area (Å²) in [6, 6.07) is 12.3. The third kappa shape index (κ3) is 3.49. The van der Waals surface area contributed by atoms with Crippen molar-refractivity contribution in [3.63, 3.8) is 0 Å². The highest BCUT2D eigenvalue weighted by atomic mass is 19.1. The van der Waals surface area contributed by atoms with E-state index in [0.717, 1.165) is 43.3 Å². The standard InChI is InChI=1S/C22H22FN3O3/c1-2-24-11-13-25(14-12-24)17-7-9-18(10-8-17)26-21(28)19(20(27)22(26)29)15-3-5-16(23)6-4-15/h3-10,27H,2,11-14H2,1H3. The van der Waals surface area contributed by atoms with E-state index in [1.807, 2.05) is 12.1 Å². The second-order valence-electron chi connectivity index (χ2n) is 7.11. The van der Waals surface area contributed by atoms with Crippen molar-refractivity contribution in [2.24, 2.45) is 0 Å². The molecular formula is C22H22FN3O3. The Morgan fingerprint density at radius 2 is 1.45 bits per heavy atom. The molecule has 0 unspecified atom stereocenters. The number of likely N-dealkylation sites (N-methyl/N-ethyl adjacent to an activating group) is 1. The number of rotatable bonds is 4. The van der Waals surface area contributed by atoms with Gasteiger partial charge in [0, 0.05) is 31.9 Å². The van der Waals surface area contributed by atoms with E-state index >= 15 is 0 Å². The molecular weight excluding hydrogens is 373 g/mol. The van der Waals surface area contributed by atoms with Crippen molar-refractivity contribution >= 4 is 28.8 Å². The van der Waals surface area contributed by atoms with Crippen LogP contribution in [0, 0.1) is 5.82 Å². The predicted molar refractivity (Wildman–Crippen MR) is 109 cm³/mol. The van der Waals surface area contributed by atoms with Crippen LogP contribution < -0.4 is 9.80 Å². The van der Waals surface area contributed by atoms with Gasteiger partial charge in [-0.15, -0.1) is 0 Å². The maximum atomic E-state index is 13.2. The summed E-state index contributed by atoms with van der Waals surface area (Å²) in [6.07, 6.45) is 0. The summed E-state index contributed by atoms with van der Waals surface area (Å²) in [6.45, 7) is 7.04. The average molecular weight is 395 g/mol. The molecule has 7 heteroatoms. The number of benzene rings is 2. The first kappa shape index (κ1) is 19.1. The maximum absolute atomic E-state index is 13.2. The van der Waals surface area contributed by atoms with Crippen LogP contribution >= 0.6 is 0 Å². The Morgan fingerprint density at radius 1 is 0.862 bits per heavy atom. The minimum absolute atomic E-state index is 0.116. The Balaban J connectivity index is 1.54. The van der Waals surface area contributed by atoms with E-state index < -0.39 is 23.4 Å². The number of hydrogen-bond acceptors (Lipinski definition) is 5. The Bertz CT molecular complexity index is 962. The lowest BCUT2D eigenvalue weighted by atomic mass is 10.1. The van der Waals surface area contributed by atoms with Crippen LogP contribution in [0.25, 0.3) is 5.57 Å². The first-order valence-electron chi connectivity index (χ1n) is 9.65. The molecule has 2 heterocycles. The molecule has 0 radical (unpaired) electrons. The van der Waals surface area contributed by atoms with Crippen molar-refractivity contribution in [3.8, 4) is 0 Å². The lowest BCUT2D eigenvalue weighted by Gasteiger charge is -2.35. The van der Waals surface area contributed by atoms with Gasteiger partial charge < -0.3 is 14.9 Å². The van der Waals surface area contributed by atoms with Crippen LogP contribution in [-0.2, 0) is 9.59 Å². The van der Waals surface area contributed by atoms with E-state index in [1.165, 1.54) is 24.3 Å². The summed E-state index contributed by atoms with van der Waals surface area (Å²) in [5.74, 6) is -2.48. The molecule has 2 aliphatic rings. The lowest BCUT2D eigenvalue weighted by molar-refractivity contribution is -0.121. The van der Waals surface area contributed by atoms with Crippen LogP contribution in [0.3, 0.4) is 0 Å². The van der Waals surface area contributed by atoms with E-state index in [1.54, 1.807) is 12.1 Å². The zero-order chi connectivity index (χ0) is 20.5. The Morgan fingerprint density at radius 3 is 2.03 bits per heavy atom. The molecule has 0 aliphatic carbocycles. The summed E-state index contributed by atoms with van der Waals surface area (Å²) in [4.78, 5) is 31.0. The lowest BCUT2D eigenvalue weighted by Crippen LogP contribution is -2.46. The Labute approximate surface area is 168 Å². The van der Waals surface area contributed by atoms with Gasteiger partial charge >= 0.3 is 5.91 Å². The van der Waals surface area contributed by atoms with Gasteiger partial charge in [-0.25, -0.2) is 9.29 Å². The van der Waals surface area contributed by atoms with Gasteiger partial charge in [0.2, 0.25) is 0 Å². The number of hydrogen-bond donors (Lipinski definition) is 1. The van der Waals surface area contributed by atoms with E-state index in [4.69, 9.17) is 0 Å². The Kier molecular flexibility index (Phi) is 5.07. The molecule has 1 saturated heterocycles. The molecule has 6 nitrogen and oxygen atoms in total. The van der Waals surface area contributed by atoms with Crippen molar-refractivity contribution in [1.29, 1.82) is 0 Å². The van der Waals surface area contributed by atoms with Crippen LogP contribution in [0.2, 0.25) is 0 Å². The normalized spacial score (nSPS) is 18.1. The van der Waals surface area contributed by atoms with E-state index in [0.29, 0.717) is 11.3 Å². The number of nitrogens with zero attached hydrogens (tertiary/aromatic N) is 3. The summed E-state index contributed by atoms with van der Waals surface area (Å²) in [5.41, 5.74) is 1.60. The highest BCUT2D eigenvalue weighted by Gasteiger charge is 2.40. The summed E-state index contributed by atoms with van der Waals surface area (Å²) in [7, 11) is 0. The molecule has 0 saturated carbocycles. The largest absolute Gasteiger partial charge is 0.502 e. The van der Waals surface area contributed by atoms with Gasteiger partial charge in [-0.1, -0.05) is 19.1 Å². The van der Waals surface area contributed by atoms with Crippen molar-refractivity contribution in [2.75, 3.05) is 42.5 Å². The summed E-state index contributed by atoms with van der Waals surface area (Å²) < 4.78 is 13.2. The monoisotopic (exact) mass is 395 g/mol. The molecule has 2 aromatic rings. The number of anilines is 2. The molecule has 1 fully saturated rings. The molecule has 2 aromatic carbocycles. The molecule has 0 atom stereocenters. The quantitative estimate of drug-likeness (QED) is 0.807. The first-order valence-corrected chi connectivity index (χ1v) is 9.65. The minimum Gasteiger partial charge on any atom is -0.502 e. The second-order valence-corrected chi connectivity index (χ2v) is 7.11. The number of amides is 2. The van der Waals surface area contributed by atoms with Crippen molar-refractivity contribution in [2.45, 2.75) is 6.92 Å². The maximum Gasteiger partial charge on any atom is 0.301 e. The molecule has 1 N–H and O–H groups in total. The SMILES string of the molecule is CCN1CCN(c2ccc(N3C(=O)C(O)=C(c4ccc(F)cc4)C3=O)cc2)CC1. The Hall–Kier alpha value is -3.19. The fraction of sp³-hybridized carbons (Fsp3) is 0.273. The third-order valence-corrected chi connectivity index (χ3v) is 5.48. The van der Waals surface area contributed by atoms with E-state index in [2.05, 4.69) is 16.7 Å². The molecule has 0 aromatic heterocycles. The smallest absolute Gasteiger partial charge is 0.301 e. The number of piperazine rings is 1. The number of halogens is 1. The molecule has 29 heavy (non-hydrogen) atoms. The number of carbonyl (C=O) groups excluding carboxylic acids is 2. The van der Waals surface area contributed by atoms with Gasteiger partial charge in [-0.2, -0.15) is 0 Å². The minimum atomic E-state index is -0.779. The molecule has 2 amide bonds. The number of imide groups is 1. The zero-order valence-electron chi connectivity index (χ0n) is 16.1. The second kappa shape index (κ2) is 7.67. The zero-order valence-corrected chi connectivity index (χ0v) is 16.1. The number of aliphatic hydroxyl groups is 1. The fourth-order valence-electron chi connectivity index (χ4n) is 3.76. The fourth-order valence-corrected chi connectivity index (χ4v) is 3.76. The van der Waals surface area contributed by atoms with Gasteiger partial charge in [0.25, 0.3) is 5.91 Å². The van der Waals surface area contributed by atoms with Crippen molar-refractivity contribution < 1.29 is 19.1 Å². The van der Waals surface area contributed by atoms with E-state index in [-0.39, 0.29) is 5.57 Å². The van der Waals surface area contributed by atoms with Gasteiger partial charge in [-0.05, 0) is 48.5 Å². The van der Waals surface area contributed by atoms with Gasteiger partial charge in [0.15, 0.2) is 5.76 Å². The van der Waals surface area contributed by atoms with Crippen molar-refractivity contribution in [3.05, 3.63) is 65.7 Å². The van der Waals surface area contributed by atoms with Gasteiger partial charge in [0.05, 0.1) is 11.3 Å². The molecule has 0 bridgehead atoms. The summed E-state index contributed by atoms with van der Waals surface area (Å²) >= 11 is 0. The van der Waals surface area contributed by atoms with Crippen LogP contribution in [0.15, 0.2) is 54.3 Å². The van der Waals surface area contributed by atoms with Crippen LogP contribution in [0.5, 0.6) is 0 Å². The third-order valence-electron chi connectivity index (χ3n) is 5.48. The van der Waals surface area contributed by atoms with Gasteiger partial charge in [0.1, 0.15) is 5.82 Å². The highest BCUT2D eigenvalue weighted by Crippen LogP contribution is 2.33. The first-order chi connectivity index (χ1) is 14.0. The molecule has 150 valence electrons. The number of aliphatic hydroxyl groups excluding tert-OH is 1. The van der Waals surface area contributed by atoms with Crippen LogP contribution in [-0.4, -0.2) is 54.5 Å². The van der Waals surface area contributed by atoms with Crippen molar-refractivity contribution in [1.82, 2.24) is 4.90 Å². The molecule has 2 aliphatic heterocycles. The van der Waals surface area contributed by atoms with Crippen LogP contribution in [0.1, 0.15) is 12.5 Å². The summed E-state index contributed by atoms with van der Waals surface area (Å²) in [5, 5.41) is 10.2. The number of carbonyl (C=O) groups is 2. The van der Waals surface area contributed by atoms with E-state index in [9.17, 15) is 19.1 Å². The molecule has 0 spiro atoms. The average Bonchev–Trinajstić information content (AvgIpc) is 2.97. The topological polar surface area (TPSA) is 64.1 Å². The van der Waals surface area contributed by atoms with Gasteiger partial charge in [-0.3, -0.25) is 9.59 Å².